The minimum atomic E-state index is -0.381. The molecule has 0 spiro atoms. The molecule has 0 N–H and O–H groups in total. The molecule has 14 aromatic carbocycles. The highest BCUT2D eigenvalue weighted by Gasteiger charge is 2.52. The van der Waals surface area contributed by atoms with Crippen molar-refractivity contribution in [3.63, 3.8) is 0 Å². The van der Waals surface area contributed by atoms with Crippen LogP contribution in [0.5, 0.6) is 0 Å². The summed E-state index contributed by atoms with van der Waals surface area (Å²) in [7, 11) is -0.381. The van der Waals surface area contributed by atoms with Crippen molar-refractivity contribution in [1.29, 1.82) is 0 Å². The zero-order valence-corrected chi connectivity index (χ0v) is 76.8. The van der Waals surface area contributed by atoms with Crippen LogP contribution >= 0.6 is 11.6 Å². The van der Waals surface area contributed by atoms with Crippen molar-refractivity contribution in [1.82, 2.24) is 19.9 Å². The number of aromatic nitrogens is 4. The fourth-order valence-corrected chi connectivity index (χ4v) is 18.5. The van der Waals surface area contributed by atoms with Gasteiger partial charge in [0.25, 0.3) is 0 Å². The average Bonchev–Trinajstić information content (AvgIpc) is 1.54. The third-order valence-corrected chi connectivity index (χ3v) is 25.1. The summed E-state index contributed by atoms with van der Waals surface area (Å²) >= 11 is 5.88. The van der Waals surface area contributed by atoms with Crippen molar-refractivity contribution >= 4 is 154 Å². The lowest BCUT2D eigenvalue weighted by molar-refractivity contribution is 0.00578. The van der Waals surface area contributed by atoms with E-state index in [2.05, 4.69) is 485 Å². The van der Waals surface area contributed by atoms with Crippen LogP contribution in [0.4, 0.5) is 0 Å². The van der Waals surface area contributed by atoms with Gasteiger partial charge in [-0.1, -0.05) is 264 Å². The standard InChI is InChI=1S/C43H28N2.C37H33BO2.C37H4.C12H7ClN2/c1-43(2)35-24-27(36-22-20-26-18-17-25-10-9-23-44-41(25)42(26)45-36)19-21-34(35)38-33-16-8-7-15-32(33)37-30-13-5-3-11-28(30)29-12-4-6-14-31(29)39(37)40(38)43;1-35(2)30-21-22(38-39-36(3,4)37(5,6)40-38)19-20-29(30)32-28-18-12-11-17-27(28)31-25-15-9-7-13-23(25)24-14-8-10-16-26(24)33(31)34(32)35;1-3-5-7-9-11-13-15-17-19-21-23-25-27-29-31-33-35-37-36-34-32-30-28-26-24-22-20-18-16-14-12-10-8-6-4-2;13-10-6-5-9-4-3-8-2-1-7-14-11(8)12(9)15-10/h3-24H,1-2H3;7-21H,1-6H3;1H,2H3;1-7H. The number of terminal acetylenes is 1. The molecule has 0 amide bonds. The molecule has 1 fully saturated rings. The van der Waals surface area contributed by atoms with Gasteiger partial charge < -0.3 is 9.31 Å². The molecule has 8 heteroatoms. The molecule has 2 aliphatic carbocycles. The minimum absolute atomic E-state index is 0.210. The second-order valence-electron chi connectivity index (χ2n) is 34.0. The highest BCUT2D eigenvalue weighted by molar-refractivity contribution is 6.62. The quantitative estimate of drug-likeness (QED) is 0.0743. The maximum Gasteiger partial charge on any atom is 0.494 e. The summed E-state index contributed by atoms with van der Waals surface area (Å²) in [6.45, 7) is 19.8. The van der Waals surface area contributed by atoms with Crippen LogP contribution in [0, 0.1) is 214 Å². The maximum absolute atomic E-state index is 6.48. The maximum atomic E-state index is 6.48. The molecule has 0 unspecified atom stereocenters. The van der Waals surface area contributed by atoms with E-state index in [1.54, 1.807) is 19.2 Å². The molecule has 6 nitrogen and oxygen atoms in total. The third-order valence-electron chi connectivity index (χ3n) is 24.8. The van der Waals surface area contributed by atoms with Crippen molar-refractivity contribution in [3.05, 3.63) is 295 Å². The Balaban J connectivity index is 0.000000127. The highest BCUT2D eigenvalue weighted by Crippen LogP contribution is 2.59. The number of benzene rings is 14. The number of halogens is 1. The van der Waals surface area contributed by atoms with Crippen LogP contribution in [-0.4, -0.2) is 38.3 Å². The second-order valence-corrected chi connectivity index (χ2v) is 34.3. The van der Waals surface area contributed by atoms with E-state index in [1.807, 2.05) is 42.6 Å². The Morgan fingerprint density at radius 2 is 0.584 bits per heavy atom. The summed E-state index contributed by atoms with van der Waals surface area (Å²) in [5.74, 6) is 86.9. The van der Waals surface area contributed by atoms with Crippen molar-refractivity contribution in [3.8, 4) is 247 Å². The molecule has 1 aliphatic heterocycles. The van der Waals surface area contributed by atoms with E-state index < -0.39 is 0 Å². The largest absolute Gasteiger partial charge is 0.494 e. The van der Waals surface area contributed by atoms with Crippen LogP contribution < -0.4 is 5.46 Å². The van der Waals surface area contributed by atoms with Gasteiger partial charge in [-0.2, -0.15) is 0 Å². The Morgan fingerprint density at radius 1 is 0.285 bits per heavy atom. The molecule has 0 atom stereocenters. The Kier molecular flexibility index (Phi) is 25.3. The van der Waals surface area contributed by atoms with E-state index in [-0.39, 0.29) is 29.2 Å². The van der Waals surface area contributed by atoms with E-state index in [4.69, 9.17) is 37.3 Å². The summed E-state index contributed by atoms with van der Waals surface area (Å²) < 4.78 is 13.0. The SMILES string of the molecule is C#CC#CC#CC#CC#CC#CC#CC#CC#CC#CC#CC#CC#CC#CC#CC#CC#CC#CC.CC1(C)c2cc(-c3ccc4ccc5cccnc5c4n3)ccc2-c2c1c1c3ccccc3c3ccccc3c1c1ccccc21.CC1(C)c2cc(B3OC(C)(C)C(C)(C)O3)ccc2-c2c1c1c3ccccc3c3ccccc3c1c1ccccc21.Clc1ccc2ccc3cccnc3c2n1. The predicted octanol–water partition coefficient (Wildman–Crippen LogP) is 24.4. The van der Waals surface area contributed by atoms with Crippen LogP contribution in [0.1, 0.15) is 84.6 Å². The molecule has 21 rings (SSSR count). The summed E-state index contributed by atoms with van der Waals surface area (Å²) in [5.41, 5.74) is 16.6. The fourth-order valence-electron chi connectivity index (χ4n) is 18.3. The van der Waals surface area contributed by atoms with Gasteiger partial charge in [0.15, 0.2) is 0 Å². The van der Waals surface area contributed by atoms with Crippen molar-refractivity contribution in [2.45, 2.75) is 84.3 Å². The molecule has 1 saturated heterocycles. The predicted molar refractivity (Wildman–Crippen MR) is 569 cm³/mol. The van der Waals surface area contributed by atoms with Gasteiger partial charge >= 0.3 is 7.12 Å². The Labute approximate surface area is 803 Å². The van der Waals surface area contributed by atoms with Crippen LogP contribution in [0.25, 0.3) is 163 Å². The fraction of sp³-hybridized carbons (Fsp3) is 0.101. The first kappa shape index (κ1) is 88.8. The zero-order chi connectivity index (χ0) is 94.5. The summed E-state index contributed by atoms with van der Waals surface area (Å²) in [5, 5.41) is 26.1. The summed E-state index contributed by atoms with van der Waals surface area (Å²) in [6.07, 6.45) is 8.55. The van der Waals surface area contributed by atoms with Crippen molar-refractivity contribution < 1.29 is 9.31 Å². The molecular formula is C129H72BClN4O2. The Bertz CT molecular complexity index is 9620. The van der Waals surface area contributed by atoms with Crippen molar-refractivity contribution in [2.24, 2.45) is 0 Å². The van der Waals surface area contributed by atoms with E-state index >= 15 is 0 Å². The van der Waals surface area contributed by atoms with E-state index in [0.717, 1.165) is 60.3 Å². The molecule has 3 aliphatic rings. The molecule has 18 aromatic rings. The van der Waals surface area contributed by atoms with Gasteiger partial charge in [0.2, 0.25) is 0 Å². The molecule has 630 valence electrons. The molecule has 0 saturated carbocycles. The second kappa shape index (κ2) is 39.1. The molecule has 137 heavy (non-hydrogen) atoms. The zero-order valence-electron chi connectivity index (χ0n) is 76.0. The number of pyridine rings is 4. The van der Waals surface area contributed by atoms with E-state index in [1.165, 1.54) is 131 Å². The van der Waals surface area contributed by atoms with Gasteiger partial charge in [-0.25, -0.2) is 9.97 Å². The minimum Gasteiger partial charge on any atom is -0.399 e. The van der Waals surface area contributed by atoms with Gasteiger partial charge in [0.1, 0.15) is 5.15 Å². The van der Waals surface area contributed by atoms with Crippen molar-refractivity contribution in [2.75, 3.05) is 0 Å². The van der Waals surface area contributed by atoms with Gasteiger partial charge in [0.05, 0.1) is 39.0 Å². The first-order chi connectivity index (χ1) is 67.0. The number of hydrogen-bond donors (Lipinski definition) is 0. The van der Waals surface area contributed by atoms with Gasteiger partial charge in [-0.05, 0) is 302 Å². The van der Waals surface area contributed by atoms with Crippen LogP contribution in [0.15, 0.2) is 267 Å². The monoisotopic (exact) mass is 1750 g/mol. The first-order valence-corrected chi connectivity index (χ1v) is 44.4. The normalized spacial score (nSPS) is 12.2. The molecule has 0 radical (unpaired) electrons. The van der Waals surface area contributed by atoms with Gasteiger partial charge in [0, 0.05) is 157 Å². The first-order valence-electron chi connectivity index (χ1n) is 44.0. The van der Waals surface area contributed by atoms with Gasteiger partial charge in [-0.3, -0.25) is 9.97 Å². The smallest absolute Gasteiger partial charge is 0.399 e. The number of rotatable bonds is 2. The Morgan fingerprint density at radius 3 is 0.956 bits per heavy atom. The summed E-state index contributed by atoms with van der Waals surface area (Å²) in [6, 6.07) is 92.0. The molecule has 5 heterocycles. The topological polar surface area (TPSA) is 70.0 Å². The highest BCUT2D eigenvalue weighted by atomic mass is 35.5. The molecule has 0 bridgehead atoms. The number of nitrogens with zero attached hydrogens (tertiary/aromatic N) is 4. The number of fused-ring (bicyclic) bond motifs is 32. The van der Waals surface area contributed by atoms with Crippen LogP contribution in [0.3, 0.4) is 0 Å². The lowest BCUT2D eigenvalue weighted by Crippen LogP contribution is -2.41. The van der Waals surface area contributed by atoms with Crippen LogP contribution in [-0.2, 0) is 20.1 Å². The van der Waals surface area contributed by atoms with E-state index in [9.17, 15) is 0 Å². The lowest BCUT2D eigenvalue weighted by atomic mass is 9.73. The van der Waals surface area contributed by atoms with Crippen LogP contribution in [0.2, 0.25) is 5.15 Å². The van der Waals surface area contributed by atoms with E-state index in [0.29, 0.717) is 5.15 Å². The summed E-state index contributed by atoms with van der Waals surface area (Å²) in [4.78, 5) is 18.5. The lowest BCUT2D eigenvalue weighted by Gasteiger charge is -2.32. The molecular weight excluding hydrogens is 1680 g/mol. The van der Waals surface area contributed by atoms with Gasteiger partial charge in [-0.15, -0.1) is 6.42 Å². The number of hydrogen-bond acceptors (Lipinski definition) is 6. The third kappa shape index (κ3) is 17.7. The average molecular weight is 1760 g/mol. The molecule has 4 aromatic heterocycles. The Hall–Kier alpha value is -18.8.